The molecule has 1 saturated carbocycles. The summed E-state index contributed by atoms with van der Waals surface area (Å²) >= 11 is 0. The number of hydrogen-bond acceptors (Lipinski definition) is 4. The molecule has 0 saturated heterocycles. The highest BCUT2D eigenvalue weighted by Gasteiger charge is 2.54. The van der Waals surface area contributed by atoms with Crippen molar-refractivity contribution in [1.29, 1.82) is 0 Å². The van der Waals surface area contributed by atoms with Gasteiger partial charge in [-0.2, -0.15) is 0 Å². The van der Waals surface area contributed by atoms with E-state index in [2.05, 4.69) is 4.72 Å². The van der Waals surface area contributed by atoms with Gasteiger partial charge in [-0.3, -0.25) is 4.79 Å². The summed E-state index contributed by atoms with van der Waals surface area (Å²) in [5, 5.41) is 0. The van der Waals surface area contributed by atoms with Gasteiger partial charge in [0, 0.05) is 0 Å². The average molecular weight is 327 g/mol. The van der Waals surface area contributed by atoms with Crippen molar-refractivity contribution in [2.24, 2.45) is 5.41 Å². The molecule has 1 aliphatic rings. The van der Waals surface area contributed by atoms with Crippen molar-refractivity contribution in [3.63, 3.8) is 0 Å². The summed E-state index contributed by atoms with van der Waals surface area (Å²) in [5.41, 5.74) is -0.686. The fourth-order valence-electron chi connectivity index (χ4n) is 2.63. The van der Waals surface area contributed by atoms with Crippen LogP contribution in [0.25, 0.3) is 0 Å². The largest absolute Gasteiger partial charge is 0.468 e. The van der Waals surface area contributed by atoms with Crippen LogP contribution < -0.4 is 4.72 Å². The Morgan fingerprint density at radius 2 is 2.18 bits per heavy atom. The molecule has 1 aromatic rings. The van der Waals surface area contributed by atoms with Crippen molar-refractivity contribution >= 4 is 17.0 Å². The maximum atomic E-state index is 12.5. The highest BCUT2D eigenvalue weighted by Crippen LogP contribution is 2.51. The van der Waals surface area contributed by atoms with E-state index in [1.807, 2.05) is 26.8 Å². The quantitative estimate of drug-likeness (QED) is 0.815. The smallest absolute Gasteiger partial charge is 0.314 e. The van der Waals surface area contributed by atoms with Crippen molar-refractivity contribution in [3.05, 3.63) is 24.2 Å². The van der Waals surface area contributed by atoms with Crippen molar-refractivity contribution < 1.29 is 18.2 Å². The zero-order valence-corrected chi connectivity index (χ0v) is 14.5. The first-order chi connectivity index (χ1) is 10.3. The number of carbonyl (C=O) groups is 1. The summed E-state index contributed by atoms with van der Waals surface area (Å²) in [6.45, 7) is 7.83. The first kappa shape index (κ1) is 17.2. The molecule has 0 amide bonds. The van der Waals surface area contributed by atoms with E-state index in [4.69, 9.17) is 9.15 Å². The molecule has 2 rings (SSSR count). The molecule has 1 aliphatic carbocycles. The van der Waals surface area contributed by atoms with Gasteiger partial charge in [0.25, 0.3) is 0 Å². The van der Waals surface area contributed by atoms with Crippen LogP contribution in [0.15, 0.2) is 22.8 Å². The highest BCUT2D eigenvalue weighted by atomic mass is 32.2. The Balaban J connectivity index is 2.32. The van der Waals surface area contributed by atoms with Gasteiger partial charge < -0.3 is 9.15 Å². The monoisotopic (exact) mass is 327 g/mol. The third-order valence-corrected chi connectivity index (χ3v) is 5.65. The molecular formula is C16H25NO4S. The lowest BCUT2D eigenvalue weighted by atomic mass is 9.63. The normalized spacial score (nSPS) is 20.0. The van der Waals surface area contributed by atoms with Crippen LogP contribution in [-0.2, 0) is 20.5 Å². The Hall–Kier alpha value is -1.14. The number of ether oxygens (including phenoxy) is 1. The first-order valence-corrected chi connectivity index (χ1v) is 8.85. The van der Waals surface area contributed by atoms with Crippen molar-refractivity contribution in [2.75, 3.05) is 6.61 Å². The standard InChI is InChI=1S/C16H25NO4S/c1-5-20-14(18)16(9-7-10-16)13(12-8-6-11-21-12)17-22(19)15(2,3)4/h6,8,11,13,17H,5,7,9-10H2,1-4H3/t13-,22+/m1/s1. The Bertz CT molecular complexity index is 529. The third kappa shape index (κ3) is 3.27. The Kier molecular flexibility index (Phi) is 5.12. The Morgan fingerprint density at radius 3 is 2.59 bits per heavy atom. The zero-order chi connectivity index (χ0) is 16.4. The third-order valence-electron chi connectivity index (χ3n) is 4.09. The van der Waals surface area contributed by atoms with Crippen LogP contribution in [0.1, 0.15) is 58.8 Å². The zero-order valence-electron chi connectivity index (χ0n) is 13.7. The molecule has 0 radical (unpaired) electrons. The Labute approximate surface area is 134 Å². The summed E-state index contributed by atoms with van der Waals surface area (Å²) in [5.74, 6) is 0.395. The minimum absolute atomic E-state index is 0.235. The number of nitrogens with one attached hydrogen (secondary N) is 1. The van der Waals surface area contributed by atoms with E-state index in [0.29, 0.717) is 25.2 Å². The SMILES string of the molecule is CCOC(=O)C1([C@H](N[S@@](=O)C(C)(C)C)c2ccco2)CCC1. The fraction of sp³-hybridized carbons (Fsp3) is 0.688. The summed E-state index contributed by atoms with van der Waals surface area (Å²) in [7, 11) is -1.30. The molecule has 5 nitrogen and oxygen atoms in total. The molecule has 6 heteroatoms. The van der Waals surface area contributed by atoms with Gasteiger partial charge in [-0.05, 0) is 52.7 Å². The van der Waals surface area contributed by atoms with Crippen LogP contribution in [0, 0.1) is 5.41 Å². The summed E-state index contributed by atoms with van der Waals surface area (Å²) in [6.07, 6.45) is 3.96. The molecule has 1 fully saturated rings. The molecule has 2 atom stereocenters. The lowest BCUT2D eigenvalue weighted by Gasteiger charge is -2.44. The molecule has 0 unspecified atom stereocenters. The molecule has 0 aromatic carbocycles. The van der Waals surface area contributed by atoms with E-state index in [0.717, 1.165) is 6.42 Å². The number of esters is 1. The molecule has 22 heavy (non-hydrogen) atoms. The van der Waals surface area contributed by atoms with E-state index in [1.165, 1.54) is 0 Å². The van der Waals surface area contributed by atoms with Crippen molar-refractivity contribution in [1.82, 2.24) is 4.72 Å². The number of furan rings is 1. The molecule has 1 heterocycles. The van der Waals surface area contributed by atoms with Gasteiger partial charge in [-0.15, -0.1) is 0 Å². The second-order valence-corrected chi connectivity index (χ2v) is 8.68. The molecule has 0 aliphatic heterocycles. The van der Waals surface area contributed by atoms with Gasteiger partial charge in [0.05, 0.1) is 40.1 Å². The van der Waals surface area contributed by atoms with E-state index >= 15 is 0 Å². The van der Waals surface area contributed by atoms with E-state index in [-0.39, 0.29) is 5.97 Å². The predicted molar refractivity (Wildman–Crippen MR) is 85.4 cm³/mol. The maximum absolute atomic E-state index is 12.5. The molecule has 1 N–H and O–H groups in total. The number of rotatable bonds is 6. The van der Waals surface area contributed by atoms with Crippen LogP contribution in [-0.4, -0.2) is 21.5 Å². The summed E-state index contributed by atoms with van der Waals surface area (Å²) < 4.78 is 26.0. The van der Waals surface area contributed by atoms with Gasteiger partial charge in [-0.1, -0.05) is 6.42 Å². The van der Waals surface area contributed by atoms with Crippen LogP contribution in [0.3, 0.4) is 0 Å². The average Bonchev–Trinajstić information content (AvgIpc) is 2.88. The van der Waals surface area contributed by atoms with Crippen LogP contribution in [0.5, 0.6) is 0 Å². The topological polar surface area (TPSA) is 68.5 Å². The molecule has 124 valence electrons. The van der Waals surface area contributed by atoms with Crippen LogP contribution in [0.2, 0.25) is 0 Å². The van der Waals surface area contributed by atoms with Crippen molar-refractivity contribution in [2.45, 2.75) is 57.7 Å². The van der Waals surface area contributed by atoms with Gasteiger partial charge in [0.15, 0.2) is 0 Å². The number of hydrogen-bond donors (Lipinski definition) is 1. The Morgan fingerprint density at radius 1 is 1.50 bits per heavy atom. The maximum Gasteiger partial charge on any atom is 0.314 e. The first-order valence-electron chi connectivity index (χ1n) is 7.70. The lowest BCUT2D eigenvalue weighted by molar-refractivity contribution is -0.164. The number of carbonyl (C=O) groups excluding carboxylic acids is 1. The van der Waals surface area contributed by atoms with Gasteiger partial charge >= 0.3 is 5.97 Å². The van der Waals surface area contributed by atoms with E-state index < -0.39 is 27.2 Å². The second kappa shape index (κ2) is 6.54. The van der Waals surface area contributed by atoms with Gasteiger partial charge in [0.1, 0.15) is 5.76 Å². The minimum Gasteiger partial charge on any atom is -0.468 e. The van der Waals surface area contributed by atoms with E-state index in [9.17, 15) is 9.00 Å². The minimum atomic E-state index is -1.30. The van der Waals surface area contributed by atoms with Crippen LogP contribution >= 0.6 is 0 Å². The molecular weight excluding hydrogens is 302 g/mol. The van der Waals surface area contributed by atoms with E-state index in [1.54, 1.807) is 19.3 Å². The van der Waals surface area contributed by atoms with Gasteiger partial charge in [0.2, 0.25) is 0 Å². The van der Waals surface area contributed by atoms with Gasteiger partial charge in [-0.25, -0.2) is 8.93 Å². The molecule has 0 bridgehead atoms. The molecule has 0 spiro atoms. The fourth-order valence-corrected chi connectivity index (χ4v) is 3.54. The van der Waals surface area contributed by atoms with Crippen LogP contribution in [0.4, 0.5) is 0 Å². The molecule has 1 aromatic heterocycles. The highest BCUT2D eigenvalue weighted by molar-refractivity contribution is 7.84. The predicted octanol–water partition coefficient (Wildman–Crippen LogP) is 3.11. The summed E-state index contributed by atoms with van der Waals surface area (Å²) in [4.78, 5) is 12.5. The lowest BCUT2D eigenvalue weighted by Crippen LogP contribution is -2.51. The second-order valence-electron chi connectivity index (χ2n) is 6.68. The van der Waals surface area contributed by atoms with Crippen molar-refractivity contribution in [3.8, 4) is 0 Å². The summed E-state index contributed by atoms with van der Waals surface area (Å²) in [6, 6.07) is 3.16.